The molecule has 1 aliphatic rings. The Morgan fingerprint density at radius 2 is 2.18 bits per heavy atom. The summed E-state index contributed by atoms with van der Waals surface area (Å²) in [5.41, 5.74) is 0. The molecule has 0 aromatic carbocycles. The minimum absolute atomic E-state index is 0.176. The maximum atomic E-state index is 9.19. The van der Waals surface area contributed by atoms with Gasteiger partial charge in [-0.15, -0.1) is 11.8 Å². The molecule has 1 heterocycles. The first-order chi connectivity index (χ1) is 8.35. The molecule has 1 aromatic rings. The van der Waals surface area contributed by atoms with E-state index in [0.717, 1.165) is 10.8 Å². The van der Waals surface area contributed by atoms with Crippen molar-refractivity contribution in [2.45, 2.75) is 36.8 Å². The van der Waals surface area contributed by atoms with Gasteiger partial charge in [-0.05, 0) is 19.1 Å². The molecule has 4 nitrogen and oxygen atoms in total. The van der Waals surface area contributed by atoms with Gasteiger partial charge in [-0.25, -0.2) is 9.97 Å². The molecule has 1 N–H and O–H groups in total. The summed E-state index contributed by atoms with van der Waals surface area (Å²) in [6.07, 6.45) is 8.61. The molecule has 0 unspecified atom stereocenters. The van der Waals surface area contributed by atoms with Gasteiger partial charge in [0.1, 0.15) is 17.2 Å². The SMILES string of the molecule is CSc1cc(N(CCO)C2CCCC2)ncn1. The molecule has 0 aliphatic heterocycles. The van der Waals surface area contributed by atoms with E-state index in [2.05, 4.69) is 14.9 Å². The van der Waals surface area contributed by atoms with Crippen LogP contribution in [0.2, 0.25) is 0 Å². The minimum Gasteiger partial charge on any atom is -0.395 e. The van der Waals surface area contributed by atoms with Crippen LogP contribution in [0.4, 0.5) is 5.82 Å². The summed E-state index contributed by atoms with van der Waals surface area (Å²) >= 11 is 1.62. The first-order valence-corrected chi connectivity index (χ1v) is 7.31. The van der Waals surface area contributed by atoms with E-state index >= 15 is 0 Å². The fraction of sp³-hybridized carbons (Fsp3) is 0.667. The summed E-state index contributed by atoms with van der Waals surface area (Å²) in [4.78, 5) is 10.8. The number of aliphatic hydroxyl groups excluding tert-OH is 1. The van der Waals surface area contributed by atoms with Crippen LogP contribution in [0.25, 0.3) is 0 Å². The maximum Gasteiger partial charge on any atom is 0.133 e. The second-order valence-electron chi connectivity index (χ2n) is 4.27. The van der Waals surface area contributed by atoms with E-state index in [9.17, 15) is 5.11 Å². The van der Waals surface area contributed by atoms with Gasteiger partial charge >= 0.3 is 0 Å². The van der Waals surface area contributed by atoms with Crippen LogP contribution in [0.15, 0.2) is 17.4 Å². The molecule has 1 aromatic heterocycles. The highest BCUT2D eigenvalue weighted by molar-refractivity contribution is 7.98. The number of hydrogen-bond acceptors (Lipinski definition) is 5. The number of hydrogen-bond donors (Lipinski definition) is 1. The number of anilines is 1. The van der Waals surface area contributed by atoms with Gasteiger partial charge in [0.05, 0.1) is 6.61 Å². The zero-order valence-corrected chi connectivity index (χ0v) is 11.0. The summed E-state index contributed by atoms with van der Waals surface area (Å²) in [5.74, 6) is 0.949. The van der Waals surface area contributed by atoms with Gasteiger partial charge < -0.3 is 10.0 Å². The molecule has 0 atom stereocenters. The predicted molar refractivity (Wildman–Crippen MR) is 70.5 cm³/mol. The van der Waals surface area contributed by atoms with E-state index in [1.54, 1.807) is 18.1 Å². The minimum atomic E-state index is 0.176. The van der Waals surface area contributed by atoms with Gasteiger partial charge in [-0.2, -0.15) is 0 Å². The van der Waals surface area contributed by atoms with Crippen molar-refractivity contribution in [1.29, 1.82) is 0 Å². The molecule has 0 amide bonds. The zero-order chi connectivity index (χ0) is 12.1. The molecule has 0 saturated heterocycles. The Bertz CT molecular complexity index is 355. The number of nitrogens with zero attached hydrogens (tertiary/aromatic N) is 3. The maximum absolute atomic E-state index is 9.19. The standard InChI is InChI=1S/C12H19N3OS/c1-17-12-8-11(13-9-14-12)15(6-7-16)10-4-2-3-5-10/h8-10,16H,2-7H2,1H3. The van der Waals surface area contributed by atoms with Gasteiger partial charge in [-0.3, -0.25) is 0 Å². The lowest BCUT2D eigenvalue weighted by Gasteiger charge is -2.29. The Labute approximate surface area is 106 Å². The van der Waals surface area contributed by atoms with Crippen LogP contribution in [0, 0.1) is 0 Å². The van der Waals surface area contributed by atoms with Crippen molar-refractivity contribution in [1.82, 2.24) is 9.97 Å². The Hall–Kier alpha value is -0.810. The number of rotatable bonds is 5. The van der Waals surface area contributed by atoms with Crippen LogP contribution in [-0.2, 0) is 0 Å². The normalized spacial score (nSPS) is 16.4. The van der Waals surface area contributed by atoms with Gasteiger partial charge in [0.15, 0.2) is 0 Å². The third-order valence-electron chi connectivity index (χ3n) is 3.24. The van der Waals surface area contributed by atoms with Crippen molar-refractivity contribution in [3.8, 4) is 0 Å². The molecule has 1 saturated carbocycles. The third kappa shape index (κ3) is 3.10. The molecule has 5 heteroatoms. The van der Waals surface area contributed by atoms with Gasteiger partial charge in [0.2, 0.25) is 0 Å². The highest BCUT2D eigenvalue weighted by Crippen LogP contribution is 2.27. The second-order valence-corrected chi connectivity index (χ2v) is 5.10. The van der Waals surface area contributed by atoms with Crippen molar-refractivity contribution < 1.29 is 5.11 Å². The molecular weight excluding hydrogens is 234 g/mol. The van der Waals surface area contributed by atoms with E-state index in [1.165, 1.54) is 25.7 Å². The summed E-state index contributed by atoms with van der Waals surface area (Å²) in [7, 11) is 0. The molecular formula is C12H19N3OS. The first-order valence-electron chi connectivity index (χ1n) is 6.08. The van der Waals surface area contributed by atoms with Crippen LogP contribution < -0.4 is 4.90 Å². The number of thioether (sulfide) groups is 1. The van der Waals surface area contributed by atoms with Crippen molar-refractivity contribution in [2.75, 3.05) is 24.3 Å². The monoisotopic (exact) mass is 253 g/mol. The zero-order valence-electron chi connectivity index (χ0n) is 10.2. The summed E-state index contributed by atoms with van der Waals surface area (Å²) < 4.78 is 0. The lowest BCUT2D eigenvalue weighted by Crippen LogP contribution is -2.36. The molecule has 0 radical (unpaired) electrons. The highest BCUT2D eigenvalue weighted by Gasteiger charge is 2.23. The van der Waals surface area contributed by atoms with Crippen molar-refractivity contribution in [2.24, 2.45) is 0 Å². The average Bonchev–Trinajstić information content (AvgIpc) is 2.89. The average molecular weight is 253 g/mol. The van der Waals surface area contributed by atoms with E-state index in [0.29, 0.717) is 12.6 Å². The summed E-state index contributed by atoms with van der Waals surface area (Å²) in [6, 6.07) is 2.55. The second kappa shape index (κ2) is 6.21. The fourth-order valence-corrected chi connectivity index (χ4v) is 2.78. The Morgan fingerprint density at radius 1 is 1.41 bits per heavy atom. The number of aromatic nitrogens is 2. The van der Waals surface area contributed by atoms with Crippen molar-refractivity contribution >= 4 is 17.6 Å². The van der Waals surface area contributed by atoms with E-state index in [1.807, 2.05) is 12.3 Å². The highest BCUT2D eigenvalue weighted by atomic mass is 32.2. The smallest absolute Gasteiger partial charge is 0.133 e. The molecule has 1 fully saturated rings. The first kappa shape index (κ1) is 12.6. The lowest BCUT2D eigenvalue weighted by molar-refractivity contribution is 0.296. The molecule has 94 valence electrons. The Balaban J connectivity index is 2.18. The third-order valence-corrected chi connectivity index (χ3v) is 3.88. The molecule has 17 heavy (non-hydrogen) atoms. The van der Waals surface area contributed by atoms with Crippen LogP contribution in [0.5, 0.6) is 0 Å². The molecule has 0 spiro atoms. The Morgan fingerprint density at radius 3 is 2.82 bits per heavy atom. The van der Waals surface area contributed by atoms with E-state index in [-0.39, 0.29) is 6.61 Å². The van der Waals surface area contributed by atoms with Gasteiger partial charge in [-0.1, -0.05) is 12.8 Å². The molecule has 0 bridgehead atoms. The van der Waals surface area contributed by atoms with E-state index in [4.69, 9.17) is 0 Å². The molecule has 2 rings (SSSR count). The van der Waals surface area contributed by atoms with Gasteiger partial charge in [0.25, 0.3) is 0 Å². The largest absolute Gasteiger partial charge is 0.395 e. The van der Waals surface area contributed by atoms with Crippen LogP contribution in [0.1, 0.15) is 25.7 Å². The predicted octanol–water partition coefficient (Wildman–Crippen LogP) is 1.94. The number of aliphatic hydroxyl groups is 1. The summed E-state index contributed by atoms with van der Waals surface area (Å²) in [5, 5.41) is 10.2. The quantitative estimate of drug-likeness (QED) is 0.642. The van der Waals surface area contributed by atoms with Gasteiger partial charge in [0, 0.05) is 18.7 Å². The topological polar surface area (TPSA) is 49.2 Å². The van der Waals surface area contributed by atoms with Crippen LogP contribution >= 0.6 is 11.8 Å². The van der Waals surface area contributed by atoms with E-state index < -0.39 is 0 Å². The van der Waals surface area contributed by atoms with Crippen molar-refractivity contribution in [3.05, 3.63) is 12.4 Å². The lowest BCUT2D eigenvalue weighted by atomic mass is 10.2. The van der Waals surface area contributed by atoms with Crippen LogP contribution in [0.3, 0.4) is 0 Å². The van der Waals surface area contributed by atoms with Crippen LogP contribution in [-0.4, -0.2) is 40.5 Å². The fourth-order valence-electron chi connectivity index (χ4n) is 2.41. The Kier molecular flexibility index (Phi) is 4.62. The molecule has 1 aliphatic carbocycles. The summed E-state index contributed by atoms with van der Waals surface area (Å²) in [6.45, 7) is 0.838. The van der Waals surface area contributed by atoms with Crippen molar-refractivity contribution in [3.63, 3.8) is 0 Å².